The van der Waals surface area contributed by atoms with Crippen LogP contribution in [0.1, 0.15) is 18.4 Å². The number of aromatic nitrogens is 1. The third-order valence-corrected chi connectivity index (χ3v) is 3.12. The molecule has 0 saturated carbocycles. The molecule has 0 aliphatic carbocycles. The first-order chi connectivity index (χ1) is 7.22. The molecule has 0 aliphatic rings. The van der Waals surface area contributed by atoms with Crippen LogP contribution in [0.5, 0.6) is 0 Å². The van der Waals surface area contributed by atoms with E-state index in [4.69, 9.17) is 0 Å². The first kappa shape index (κ1) is 12.6. The SMILES string of the molecule is CCNC(CCN(C)C)Cc1nccs1. The maximum absolute atomic E-state index is 4.33. The number of rotatable bonds is 7. The molecule has 1 N–H and O–H groups in total. The van der Waals surface area contributed by atoms with Crippen LogP contribution in [0.15, 0.2) is 11.6 Å². The van der Waals surface area contributed by atoms with Gasteiger partial charge in [-0.05, 0) is 33.6 Å². The van der Waals surface area contributed by atoms with E-state index in [9.17, 15) is 0 Å². The van der Waals surface area contributed by atoms with Crippen molar-refractivity contribution in [1.29, 1.82) is 0 Å². The number of hydrogen-bond acceptors (Lipinski definition) is 4. The Labute approximate surface area is 96.5 Å². The minimum Gasteiger partial charge on any atom is -0.314 e. The lowest BCUT2D eigenvalue weighted by Crippen LogP contribution is -2.34. The molecule has 3 nitrogen and oxygen atoms in total. The average molecular weight is 227 g/mol. The third kappa shape index (κ3) is 5.25. The minimum absolute atomic E-state index is 0.559. The summed E-state index contributed by atoms with van der Waals surface area (Å²) in [5.41, 5.74) is 0. The van der Waals surface area contributed by atoms with Crippen LogP contribution in [-0.2, 0) is 6.42 Å². The largest absolute Gasteiger partial charge is 0.314 e. The van der Waals surface area contributed by atoms with Crippen LogP contribution in [0.4, 0.5) is 0 Å². The predicted molar refractivity (Wildman–Crippen MR) is 66.5 cm³/mol. The molecular weight excluding hydrogens is 206 g/mol. The highest BCUT2D eigenvalue weighted by molar-refractivity contribution is 7.09. The molecule has 4 heteroatoms. The number of hydrogen-bond donors (Lipinski definition) is 1. The zero-order valence-corrected chi connectivity index (χ0v) is 10.7. The maximum Gasteiger partial charge on any atom is 0.0940 e. The van der Waals surface area contributed by atoms with Crippen molar-refractivity contribution in [2.75, 3.05) is 27.2 Å². The molecule has 0 aliphatic heterocycles. The van der Waals surface area contributed by atoms with E-state index in [1.165, 1.54) is 11.4 Å². The van der Waals surface area contributed by atoms with Crippen molar-refractivity contribution < 1.29 is 0 Å². The van der Waals surface area contributed by atoms with E-state index in [0.717, 1.165) is 19.5 Å². The summed E-state index contributed by atoms with van der Waals surface area (Å²) < 4.78 is 0. The van der Waals surface area contributed by atoms with Crippen LogP contribution < -0.4 is 5.32 Å². The Morgan fingerprint density at radius 2 is 2.33 bits per heavy atom. The van der Waals surface area contributed by atoms with Crippen LogP contribution in [-0.4, -0.2) is 43.1 Å². The van der Waals surface area contributed by atoms with E-state index in [1.807, 2.05) is 11.6 Å². The summed E-state index contributed by atoms with van der Waals surface area (Å²) in [6.07, 6.45) is 4.12. The molecule has 0 bridgehead atoms. The summed E-state index contributed by atoms with van der Waals surface area (Å²) in [6, 6.07) is 0.559. The van der Waals surface area contributed by atoms with E-state index in [-0.39, 0.29) is 0 Å². The fourth-order valence-electron chi connectivity index (χ4n) is 1.54. The van der Waals surface area contributed by atoms with Crippen LogP contribution >= 0.6 is 11.3 Å². The van der Waals surface area contributed by atoms with Gasteiger partial charge in [0, 0.05) is 24.0 Å². The zero-order valence-electron chi connectivity index (χ0n) is 9.86. The molecule has 1 atom stereocenters. The molecule has 1 heterocycles. The van der Waals surface area contributed by atoms with Crippen molar-refractivity contribution in [3.63, 3.8) is 0 Å². The van der Waals surface area contributed by atoms with Crippen molar-refractivity contribution in [2.24, 2.45) is 0 Å². The highest BCUT2D eigenvalue weighted by Gasteiger charge is 2.09. The average Bonchev–Trinajstić information content (AvgIpc) is 2.67. The smallest absolute Gasteiger partial charge is 0.0940 e. The highest BCUT2D eigenvalue weighted by atomic mass is 32.1. The van der Waals surface area contributed by atoms with Gasteiger partial charge in [-0.25, -0.2) is 4.98 Å². The van der Waals surface area contributed by atoms with Crippen LogP contribution in [0.2, 0.25) is 0 Å². The fraction of sp³-hybridized carbons (Fsp3) is 0.727. The molecule has 86 valence electrons. The van der Waals surface area contributed by atoms with Gasteiger partial charge in [0.2, 0.25) is 0 Å². The summed E-state index contributed by atoms with van der Waals surface area (Å²) in [4.78, 5) is 6.56. The van der Waals surface area contributed by atoms with E-state index in [1.54, 1.807) is 11.3 Å². The van der Waals surface area contributed by atoms with Gasteiger partial charge in [-0.3, -0.25) is 0 Å². The lowest BCUT2D eigenvalue weighted by Gasteiger charge is -2.19. The number of nitrogens with zero attached hydrogens (tertiary/aromatic N) is 2. The number of nitrogens with one attached hydrogen (secondary N) is 1. The summed E-state index contributed by atoms with van der Waals surface area (Å²) >= 11 is 1.75. The Hall–Kier alpha value is -0.450. The lowest BCUT2D eigenvalue weighted by atomic mass is 10.1. The van der Waals surface area contributed by atoms with Crippen molar-refractivity contribution in [3.8, 4) is 0 Å². The van der Waals surface area contributed by atoms with E-state index in [0.29, 0.717) is 6.04 Å². The monoisotopic (exact) mass is 227 g/mol. The second-order valence-corrected chi connectivity index (χ2v) is 4.96. The van der Waals surface area contributed by atoms with Crippen molar-refractivity contribution in [3.05, 3.63) is 16.6 Å². The minimum atomic E-state index is 0.559. The Morgan fingerprint density at radius 1 is 1.53 bits per heavy atom. The molecule has 0 spiro atoms. The summed E-state index contributed by atoms with van der Waals surface area (Å²) in [5.74, 6) is 0. The van der Waals surface area contributed by atoms with E-state index < -0.39 is 0 Å². The van der Waals surface area contributed by atoms with Gasteiger partial charge in [-0.2, -0.15) is 0 Å². The van der Waals surface area contributed by atoms with Gasteiger partial charge in [-0.1, -0.05) is 6.92 Å². The quantitative estimate of drug-likeness (QED) is 0.767. The Morgan fingerprint density at radius 3 is 2.87 bits per heavy atom. The molecule has 0 radical (unpaired) electrons. The molecule has 15 heavy (non-hydrogen) atoms. The second kappa shape index (κ2) is 6.93. The molecule has 1 unspecified atom stereocenters. The number of likely N-dealkylation sites (N-methyl/N-ethyl adjacent to an activating group) is 1. The van der Waals surface area contributed by atoms with Crippen LogP contribution in [0.25, 0.3) is 0 Å². The molecule has 1 aromatic heterocycles. The van der Waals surface area contributed by atoms with E-state index in [2.05, 4.69) is 36.2 Å². The molecule has 1 aromatic rings. The summed E-state index contributed by atoms with van der Waals surface area (Å²) in [6.45, 7) is 4.32. The first-order valence-electron chi connectivity index (χ1n) is 5.49. The van der Waals surface area contributed by atoms with Gasteiger partial charge < -0.3 is 10.2 Å². The molecule has 0 amide bonds. The molecule has 0 saturated heterocycles. The second-order valence-electron chi connectivity index (χ2n) is 3.98. The standard InChI is InChI=1S/C11H21N3S/c1-4-12-10(5-7-14(2)3)9-11-13-6-8-15-11/h6,8,10,12H,4-5,7,9H2,1-3H3. The third-order valence-electron chi connectivity index (χ3n) is 2.32. The molecule has 0 aromatic carbocycles. The lowest BCUT2D eigenvalue weighted by molar-refractivity contribution is 0.358. The Kier molecular flexibility index (Phi) is 5.83. The highest BCUT2D eigenvalue weighted by Crippen LogP contribution is 2.09. The Balaban J connectivity index is 2.36. The molecule has 0 fully saturated rings. The van der Waals surface area contributed by atoms with E-state index >= 15 is 0 Å². The van der Waals surface area contributed by atoms with Gasteiger partial charge in [-0.15, -0.1) is 11.3 Å². The van der Waals surface area contributed by atoms with Gasteiger partial charge in [0.1, 0.15) is 0 Å². The maximum atomic E-state index is 4.33. The normalized spacial score (nSPS) is 13.3. The summed E-state index contributed by atoms with van der Waals surface area (Å²) in [7, 11) is 4.23. The van der Waals surface area contributed by atoms with Gasteiger partial charge in [0.25, 0.3) is 0 Å². The summed E-state index contributed by atoms with van der Waals surface area (Å²) in [5, 5.41) is 6.80. The van der Waals surface area contributed by atoms with Crippen molar-refractivity contribution >= 4 is 11.3 Å². The van der Waals surface area contributed by atoms with Gasteiger partial charge >= 0.3 is 0 Å². The van der Waals surface area contributed by atoms with Gasteiger partial charge in [0.15, 0.2) is 0 Å². The van der Waals surface area contributed by atoms with Crippen LogP contribution in [0, 0.1) is 0 Å². The Bertz CT molecular complexity index is 246. The van der Waals surface area contributed by atoms with Gasteiger partial charge in [0.05, 0.1) is 5.01 Å². The molecular formula is C11H21N3S. The van der Waals surface area contributed by atoms with Crippen molar-refractivity contribution in [2.45, 2.75) is 25.8 Å². The topological polar surface area (TPSA) is 28.2 Å². The van der Waals surface area contributed by atoms with Crippen LogP contribution in [0.3, 0.4) is 0 Å². The number of thiazole rings is 1. The molecule has 1 rings (SSSR count). The first-order valence-corrected chi connectivity index (χ1v) is 6.36. The zero-order chi connectivity index (χ0) is 11.1. The van der Waals surface area contributed by atoms with Crippen molar-refractivity contribution in [1.82, 2.24) is 15.2 Å². The fourth-order valence-corrected chi connectivity index (χ4v) is 2.24. The predicted octanol–water partition coefficient (Wildman–Crippen LogP) is 1.62.